The van der Waals surface area contributed by atoms with Crippen molar-refractivity contribution < 1.29 is 23.7 Å². The first-order chi connectivity index (χ1) is 8.31. The second-order valence-corrected chi connectivity index (χ2v) is 4.44. The van der Waals surface area contributed by atoms with Crippen molar-refractivity contribution in [2.75, 3.05) is 33.5 Å². The summed E-state index contributed by atoms with van der Waals surface area (Å²) in [5.41, 5.74) is 0. The highest BCUT2D eigenvalue weighted by atomic mass is 16.6. The maximum atomic E-state index is 11.4. The van der Waals surface area contributed by atoms with Gasteiger partial charge in [-0.25, -0.2) is 0 Å². The molecular formula is C12H20O5. The Labute approximate surface area is 101 Å². The van der Waals surface area contributed by atoms with Gasteiger partial charge in [-0.15, -0.1) is 0 Å². The molecule has 0 aromatic carbocycles. The van der Waals surface area contributed by atoms with Crippen LogP contribution in [0.1, 0.15) is 19.3 Å². The summed E-state index contributed by atoms with van der Waals surface area (Å²) in [6.45, 7) is 2.45. The summed E-state index contributed by atoms with van der Waals surface area (Å²) in [4.78, 5) is 11.4. The van der Waals surface area contributed by atoms with E-state index in [2.05, 4.69) is 0 Å². The van der Waals surface area contributed by atoms with Crippen LogP contribution in [-0.2, 0) is 23.7 Å². The minimum absolute atomic E-state index is 0.0672. The molecule has 2 aliphatic rings. The third-order valence-corrected chi connectivity index (χ3v) is 3.18. The molecule has 1 saturated carbocycles. The first kappa shape index (κ1) is 13.0. The molecule has 5 nitrogen and oxygen atoms in total. The molecule has 0 bridgehead atoms. The van der Waals surface area contributed by atoms with E-state index in [4.69, 9.17) is 18.9 Å². The summed E-state index contributed by atoms with van der Waals surface area (Å²) < 4.78 is 21.5. The Morgan fingerprint density at radius 2 is 2.06 bits per heavy atom. The van der Waals surface area contributed by atoms with E-state index in [0.29, 0.717) is 19.6 Å². The number of Topliss-reactive ketones (excluding diaryl/α,β-unsaturated/α-hetero) is 1. The van der Waals surface area contributed by atoms with Crippen molar-refractivity contribution >= 4 is 5.78 Å². The Morgan fingerprint density at radius 1 is 1.29 bits per heavy atom. The lowest BCUT2D eigenvalue weighted by Gasteiger charge is -2.37. The van der Waals surface area contributed by atoms with Gasteiger partial charge in [0.05, 0.1) is 25.4 Å². The normalized spacial score (nSPS) is 30.3. The van der Waals surface area contributed by atoms with Crippen LogP contribution in [0.2, 0.25) is 0 Å². The largest absolute Gasteiger partial charge is 0.382 e. The fourth-order valence-corrected chi connectivity index (χ4v) is 2.11. The molecule has 0 N–H and O–H groups in total. The SMILES string of the molecule is COCCOC1C(=O)CC1OC1CCOCC1. The van der Waals surface area contributed by atoms with Gasteiger partial charge in [0.15, 0.2) is 5.78 Å². The summed E-state index contributed by atoms with van der Waals surface area (Å²) in [5.74, 6) is 0.137. The van der Waals surface area contributed by atoms with E-state index in [9.17, 15) is 4.79 Å². The fourth-order valence-electron chi connectivity index (χ4n) is 2.11. The highest BCUT2D eigenvalue weighted by molar-refractivity contribution is 5.90. The molecule has 1 saturated heterocycles. The number of carbonyl (C=O) groups excluding carboxylic acids is 1. The molecule has 17 heavy (non-hydrogen) atoms. The van der Waals surface area contributed by atoms with Crippen LogP contribution in [0, 0.1) is 0 Å². The van der Waals surface area contributed by atoms with Gasteiger partial charge in [-0.3, -0.25) is 4.79 Å². The van der Waals surface area contributed by atoms with Crippen molar-refractivity contribution in [1.29, 1.82) is 0 Å². The average molecular weight is 244 g/mol. The summed E-state index contributed by atoms with van der Waals surface area (Å²) in [6.07, 6.45) is 2.07. The van der Waals surface area contributed by atoms with Gasteiger partial charge in [-0.1, -0.05) is 0 Å². The summed E-state index contributed by atoms with van der Waals surface area (Å²) in [5, 5.41) is 0. The van der Waals surface area contributed by atoms with E-state index in [-0.39, 0.29) is 24.1 Å². The monoisotopic (exact) mass is 244 g/mol. The molecule has 1 aliphatic carbocycles. The molecule has 0 radical (unpaired) electrons. The van der Waals surface area contributed by atoms with Crippen LogP contribution in [0.5, 0.6) is 0 Å². The Hall–Kier alpha value is -0.490. The third kappa shape index (κ3) is 3.48. The van der Waals surface area contributed by atoms with Gasteiger partial charge in [0.25, 0.3) is 0 Å². The van der Waals surface area contributed by atoms with Crippen molar-refractivity contribution in [3.8, 4) is 0 Å². The van der Waals surface area contributed by atoms with Crippen molar-refractivity contribution in [3.63, 3.8) is 0 Å². The van der Waals surface area contributed by atoms with E-state index in [1.165, 1.54) is 0 Å². The van der Waals surface area contributed by atoms with Crippen molar-refractivity contribution in [2.24, 2.45) is 0 Å². The smallest absolute Gasteiger partial charge is 0.166 e. The van der Waals surface area contributed by atoms with Gasteiger partial charge < -0.3 is 18.9 Å². The summed E-state index contributed by atoms with van der Waals surface area (Å²) in [6, 6.07) is 0. The van der Waals surface area contributed by atoms with Crippen molar-refractivity contribution in [3.05, 3.63) is 0 Å². The third-order valence-electron chi connectivity index (χ3n) is 3.18. The maximum Gasteiger partial charge on any atom is 0.166 e. The molecule has 2 rings (SSSR count). The Balaban J connectivity index is 1.70. The topological polar surface area (TPSA) is 54.0 Å². The molecule has 2 unspecified atom stereocenters. The Kier molecular flexibility index (Phi) is 4.91. The molecule has 2 atom stereocenters. The number of methoxy groups -OCH3 is 1. The minimum atomic E-state index is -0.381. The van der Waals surface area contributed by atoms with Crippen LogP contribution < -0.4 is 0 Å². The van der Waals surface area contributed by atoms with Crippen LogP contribution in [0.4, 0.5) is 0 Å². The zero-order valence-corrected chi connectivity index (χ0v) is 10.2. The predicted molar refractivity (Wildman–Crippen MR) is 60.0 cm³/mol. The van der Waals surface area contributed by atoms with E-state index >= 15 is 0 Å². The van der Waals surface area contributed by atoms with Crippen molar-refractivity contribution in [2.45, 2.75) is 37.6 Å². The molecule has 1 heterocycles. The van der Waals surface area contributed by atoms with Crippen LogP contribution in [-0.4, -0.2) is 57.6 Å². The number of rotatable bonds is 6. The molecule has 0 aromatic rings. The zero-order chi connectivity index (χ0) is 12.1. The first-order valence-electron chi connectivity index (χ1n) is 6.17. The van der Waals surface area contributed by atoms with E-state index < -0.39 is 0 Å². The Morgan fingerprint density at radius 3 is 2.71 bits per heavy atom. The van der Waals surface area contributed by atoms with Crippen LogP contribution >= 0.6 is 0 Å². The van der Waals surface area contributed by atoms with Crippen LogP contribution in [0.15, 0.2) is 0 Å². The second-order valence-electron chi connectivity index (χ2n) is 4.44. The van der Waals surface area contributed by atoms with Crippen LogP contribution in [0.3, 0.4) is 0 Å². The molecule has 0 amide bonds. The van der Waals surface area contributed by atoms with Gasteiger partial charge in [0.2, 0.25) is 0 Å². The minimum Gasteiger partial charge on any atom is -0.382 e. The van der Waals surface area contributed by atoms with E-state index in [1.807, 2.05) is 0 Å². The summed E-state index contributed by atoms with van der Waals surface area (Å²) >= 11 is 0. The number of hydrogen-bond acceptors (Lipinski definition) is 5. The van der Waals surface area contributed by atoms with E-state index in [1.54, 1.807) is 7.11 Å². The highest BCUT2D eigenvalue weighted by Crippen LogP contribution is 2.26. The lowest BCUT2D eigenvalue weighted by atomic mass is 9.89. The van der Waals surface area contributed by atoms with E-state index in [0.717, 1.165) is 26.1 Å². The average Bonchev–Trinajstić information content (AvgIpc) is 2.35. The molecule has 5 heteroatoms. The first-order valence-corrected chi connectivity index (χ1v) is 6.17. The van der Waals surface area contributed by atoms with Gasteiger partial charge in [0.1, 0.15) is 6.10 Å². The molecule has 2 fully saturated rings. The van der Waals surface area contributed by atoms with Gasteiger partial charge >= 0.3 is 0 Å². The molecule has 0 spiro atoms. The number of hydrogen-bond donors (Lipinski definition) is 0. The molecule has 1 aliphatic heterocycles. The quantitative estimate of drug-likeness (QED) is 0.639. The van der Waals surface area contributed by atoms with Gasteiger partial charge in [-0.05, 0) is 12.8 Å². The number of carbonyl (C=O) groups is 1. The summed E-state index contributed by atoms with van der Waals surface area (Å²) in [7, 11) is 1.61. The van der Waals surface area contributed by atoms with Crippen LogP contribution in [0.25, 0.3) is 0 Å². The second kappa shape index (κ2) is 6.44. The fraction of sp³-hybridized carbons (Fsp3) is 0.917. The molecule has 0 aromatic heterocycles. The molecular weight excluding hydrogens is 224 g/mol. The standard InChI is InChI=1S/C12H20O5/c1-14-6-7-16-12-10(13)8-11(12)17-9-2-4-15-5-3-9/h9,11-12H,2-8H2,1H3. The maximum absolute atomic E-state index is 11.4. The highest BCUT2D eigenvalue weighted by Gasteiger charge is 2.42. The molecule has 98 valence electrons. The Bertz CT molecular complexity index is 249. The van der Waals surface area contributed by atoms with Gasteiger partial charge in [-0.2, -0.15) is 0 Å². The van der Waals surface area contributed by atoms with Gasteiger partial charge in [0, 0.05) is 26.7 Å². The lowest BCUT2D eigenvalue weighted by Crippen LogP contribution is -2.52. The predicted octanol–water partition coefficient (Wildman–Crippen LogP) is 0.555. The number of ether oxygens (including phenoxy) is 4. The lowest BCUT2D eigenvalue weighted by molar-refractivity contribution is -0.181. The zero-order valence-electron chi connectivity index (χ0n) is 10.2. The number of ketones is 1. The van der Waals surface area contributed by atoms with Crippen molar-refractivity contribution in [1.82, 2.24) is 0 Å².